The van der Waals surface area contributed by atoms with Crippen LogP contribution in [-0.4, -0.2) is 50.1 Å². The van der Waals surface area contributed by atoms with E-state index in [-0.39, 0.29) is 11.9 Å². The molecule has 0 aliphatic carbocycles. The summed E-state index contributed by atoms with van der Waals surface area (Å²) in [6, 6.07) is 10.0. The normalized spacial score (nSPS) is 15.1. The van der Waals surface area contributed by atoms with Gasteiger partial charge in [0, 0.05) is 30.6 Å². The van der Waals surface area contributed by atoms with Crippen molar-refractivity contribution in [3.8, 4) is 11.1 Å². The van der Waals surface area contributed by atoms with E-state index in [1.165, 1.54) is 23.2 Å². The number of carbonyl (C=O) groups excluding carboxylic acids is 1. The highest BCUT2D eigenvalue weighted by molar-refractivity contribution is 7.15. The van der Waals surface area contributed by atoms with Crippen LogP contribution in [0.25, 0.3) is 5.00 Å². The van der Waals surface area contributed by atoms with Gasteiger partial charge >= 0.3 is 0 Å². The third-order valence-corrected chi connectivity index (χ3v) is 6.76. The van der Waals surface area contributed by atoms with Gasteiger partial charge in [-0.3, -0.25) is 9.69 Å². The molecule has 0 bridgehead atoms. The van der Waals surface area contributed by atoms with E-state index < -0.39 is 0 Å². The van der Waals surface area contributed by atoms with Gasteiger partial charge in [0.1, 0.15) is 11.3 Å². The van der Waals surface area contributed by atoms with Gasteiger partial charge in [-0.25, -0.2) is 0 Å². The lowest BCUT2D eigenvalue weighted by atomic mass is 10.0. The molecule has 1 aliphatic heterocycles. The molecule has 154 valence electrons. The number of likely N-dealkylation sites (tertiary alicyclic amines) is 1. The molecular weight excluding hydrogens is 398 g/mol. The Bertz CT molecular complexity index is 1060. The largest absolute Gasteiger partial charge is 0.349 e. The third kappa shape index (κ3) is 4.25. The van der Waals surface area contributed by atoms with Crippen LogP contribution in [-0.2, 0) is 6.54 Å². The van der Waals surface area contributed by atoms with Crippen molar-refractivity contribution < 1.29 is 4.79 Å². The van der Waals surface area contributed by atoms with Gasteiger partial charge in [0.25, 0.3) is 5.91 Å². The monoisotopic (exact) mass is 421 g/mol. The standard InChI is InChI=1S/C21H23N7OS/c1-14-15(2)30-21(28-13-23-25-26-28)19(14)20(29)24-18-7-9-27(10-8-18)12-17-5-3-16(11-22)4-6-17/h3-6,13,18H,7-10,12H2,1-2H3,(H,24,29). The molecule has 0 spiro atoms. The number of amides is 1. The van der Waals surface area contributed by atoms with Crippen LogP contribution in [0.15, 0.2) is 30.6 Å². The number of hydrogen-bond donors (Lipinski definition) is 1. The van der Waals surface area contributed by atoms with Crippen LogP contribution in [0.4, 0.5) is 0 Å². The van der Waals surface area contributed by atoms with E-state index in [1.807, 2.05) is 38.1 Å². The second-order valence-electron chi connectivity index (χ2n) is 7.55. The molecular formula is C21H23N7OS. The van der Waals surface area contributed by atoms with Gasteiger partial charge in [0.2, 0.25) is 0 Å². The number of benzene rings is 1. The maximum absolute atomic E-state index is 13.1. The molecule has 3 aromatic rings. The molecule has 4 rings (SSSR count). The highest BCUT2D eigenvalue weighted by atomic mass is 32.1. The predicted molar refractivity (Wildman–Crippen MR) is 113 cm³/mol. The van der Waals surface area contributed by atoms with Crippen LogP contribution >= 0.6 is 11.3 Å². The molecule has 3 heterocycles. The first kappa shape index (κ1) is 20.2. The molecule has 0 atom stereocenters. The van der Waals surface area contributed by atoms with Crippen LogP contribution in [0, 0.1) is 25.2 Å². The van der Waals surface area contributed by atoms with Crippen molar-refractivity contribution in [3.05, 3.63) is 57.7 Å². The van der Waals surface area contributed by atoms with E-state index in [2.05, 4.69) is 31.8 Å². The summed E-state index contributed by atoms with van der Waals surface area (Å²) in [6.07, 6.45) is 3.33. The Morgan fingerprint density at radius 2 is 2.00 bits per heavy atom. The lowest BCUT2D eigenvalue weighted by molar-refractivity contribution is 0.0908. The van der Waals surface area contributed by atoms with Crippen molar-refractivity contribution in [2.75, 3.05) is 13.1 Å². The number of aryl methyl sites for hydroxylation is 1. The number of thiophene rings is 1. The van der Waals surface area contributed by atoms with Crippen molar-refractivity contribution in [2.24, 2.45) is 0 Å². The first-order chi connectivity index (χ1) is 14.5. The lowest BCUT2D eigenvalue weighted by Crippen LogP contribution is -2.44. The topological polar surface area (TPSA) is 99.7 Å². The van der Waals surface area contributed by atoms with Gasteiger partial charge in [-0.1, -0.05) is 12.1 Å². The Hall–Kier alpha value is -3.09. The van der Waals surface area contributed by atoms with E-state index in [0.29, 0.717) is 11.1 Å². The molecule has 8 nitrogen and oxygen atoms in total. The molecule has 1 aromatic carbocycles. The van der Waals surface area contributed by atoms with Crippen molar-refractivity contribution in [1.82, 2.24) is 30.4 Å². The van der Waals surface area contributed by atoms with E-state index in [1.54, 1.807) is 4.68 Å². The Morgan fingerprint density at radius 1 is 1.27 bits per heavy atom. The Morgan fingerprint density at radius 3 is 2.63 bits per heavy atom. The first-order valence-electron chi connectivity index (χ1n) is 9.90. The maximum atomic E-state index is 13.1. The molecule has 0 saturated carbocycles. The molecule has 2 aromatic heterocycles. The Balaban J connectivity index is 1.36. The number of nitrogens with one attached hydrogen (secondary N) is 1. The van der Waals surface area contributed by atoms with Gasteiger partial charge in [0.05, 0.1) is 17.2 Å². The summed E-state index contributed by atoms with van der Waals surface area (Å²) in [6.45, 7) is 6.68. The second kappa shape index (κ2) is 8.73. The van der Waals surface area contributed by atoms with Crippen molar-refractivity contribution in [2.45, 2.75) is 39.3 Å². The van der Waals surface area contributed by atoms with Crippen LogP contribution in [0.5, 0.6) is 0 Å². The minimum absolute atomic E-state index is 0.0621. The lowest BCUT2D eigenvalue weighted by Gasteiger charge is -2.32. The van der Waals surface area contributed by atoms with Crippen LogP contribution in [0.2, 0.25) is 0 Å². The number of nitriles is 1. The summed E-state index contributed by atoms with van der Waals surface area (Å²) in [4.78, 5) is 16.5. The molecule has 0 unspecified atom stereocenters. The molecule has 1 amide bonds. The van der Waals surface area contributed by atoms with Gasteiger partial charge < -0.3 is 5.32 Å². The summed E-state index contributed by atoms with van der Waals surface area (Å²) < 4.78 is 1.56. The highest BCUT2D eigenvalue weighted by Gasteiger charge is 2.26. The molecule has 1 saturated heterocycles. The average Bonchev–Trinajstić information content (AvgIpc) is 3.39. The van der Waals surface area contributed by atoms with Crippen molar-refractivity contribution >= 4 is 17.2 Å². The van der Waals surface area contributed by atoms with E-state index in [9.17, 15) is 4.79 Å². The molecule has 1 fully saturated rings. The smallest absolute Gasteiger partial charge is 0.254 e. The van der Waals surface area contributed by atoms with Crippen LogP contribution in [0.3, 0.4) is 0 Å². The maximum Gasteiger partial charge on any atom is 0.254 e. The highest BCUT2D eigenvalue weighted by Crippen LogP contribution is 2.30. The number of carbonyl (C=O) groups is 1. The van der Waals surface area contributed by atoms with Crippen LogP contribution < -0.4 is 5.32 Å². The number of rotatable bonds is 5. The van der Waals surface area contributed by atoms with Gasteiger partial charge in [0.15, 0.2) is 0 Å². The summed E-state index contributed by atoms with van der Waals surface area (Å²) in [5.41, 5.74) is 3.51. The predicted octanol–water partition coefficient (Wildman–Crippen LogP) is 2.61. The van der Waals surface area contributed by atoms with E-state index in [4.69, 9.17) is 5.26 Å². The average molecular weight is 422 g/mol. The number of aromatic nitrogens is 4. The van der Waals surface area contributed by atoms with Crippen molar-refractivity contribution in [3.63, 3.8) is 0 Å². The minimum Gasteiger partial charge on any atom is -0.349 e. The Kier molecular flexibility index (Phi) is 5.88. The fraction of sp³-hybridized carbons (Fsp3) is 0.381. The zero-order valence-electron chi connectivity index (χ0n) is 17.0. The Labute approximate surface area is 179 Å². The summed E-state index contributed by atoms with van der Waals surface area (Å²) in [7, 11) is 0. The number of piperidine rings is 1. The number of nitrogens with zero attached hydrogens (tertiary/aromatic N) is 6. The second-order valence-corrected chi connectivity index (χ2v) is 8.75. The van der Waals surface area contributed by atoms with E-state index in [0.717, 1.165) is 47.9 Å². The number of hydrogen-bond acceptors (Lipinski definition) is 7. The quantitative estimate of drug-likeness (QED) is 0.680. The van der Waals surface area contributed by atoms with Gasteiger partial charge in [-0.2, -0.15) is 9.94 Å². The zero-order chi connectivity index (χ0) is 21.1. The summed E-state index contributed by atoms with van der Waals surface area (Å²) in [5.74, 6) is -0.0621. The number of tetrazole rings is 1. The minimum atomic E-state index is -0.0621. The third-order valence-electron chi connectivity index (χ3n) is 5.56. The zero-order valence-corrected chi connectivity index (χ0v) is 17.8. The molecule has 1 N–H and O–H groups in total. The molecule has 30 heavy (non-hydrogen) atoms. The fourth-order valence-electron chi connectivity index (χ4n) is 3.73. The van der Waals surface area contributed by atoms with Gasteiger partial charge in [-0.05, 0) is 60.4 Å². The molecule has 9 heteroatoms. The summed E-state index contributed by atoms with van der Waals surface area (Å²) >= 11 is 1.52. The molecule has 0 radical (unpaired) electrons. The fourth-order valence-corrected chi connectivity index (χ4v) is 4.80. The van der Waals surface area contributed by atoms with E-state index >= 15 is 0 Å². The SMILES string of the molecule is Cc1sc(-n2cnnn2)c(C(=O)NC2CCN(Cc3ccc(C#N)cc3)CC2)c1C. The molecule has 1 aliphatic rings. The first-order valence-corrected chi connectivity index (χ1v) is 10.7. The van der Waals surface area contributed by atoms with Crippen molar-refractivity contribution in [1.29, 1.82) is 5.26 Å². The van der Waals surface area contributed by atoms with Crippen LogP contribution in [0.1, 0.15) is 44.8 Å². The summed E-state index contributed by atoms with van der Waals surface area (Å²) in [5, 5.41) is 24.2. The van der Waals surface area contributed by atoms with Gasteiger partial charge in [-0.15, -0.1) is 16.4 Å².